The molecule has 0 fully saturated rings. The first kappa shape index (κ1) is 9.37. The standard InChI is InChI=1S/C9H12O2P/c1-3-8-4-6-9(7-5-8)12(10)11-2/h4-7H,3H2,1-2H3/q+1. The van der Waals surface area contributed by atoms with E-state index in [0.29, 0.717) is 0 Å². The average Bonchev–Trinajstić information content (AvgIpc) is 2.17. The summed E-state index contributed by atoms with van der Waals surface area (Å²) >= 11 is 0. The highest BCUT2D eigenvalue weighted by atomic mass is 31.1. The van der Waals surface area contributed by atoms with E-state index in [2.05, 4.69) is 6.92 Å². The van der Waals surface area contributed by atoms with Gasteiger partial charge in [0.15, 0.2) is 0 Å². The van der Waals surface area contributed by atoms with Gasteiger partial charge in [-0.15, -0.1) is 4.52 Å². The molecule has 0 aromatic heterocycles. The maximum absolute atomic E-state index is 11.1. The molecule has 0 saturated carbocycles. The van der Waals surface area contributed by atoms with Crippen LogP contribution < -0.4 is 5.30 Å². The predicted molar refractivity (Wildman–Crippen MR) is 50.1 cm³/mol. The molecule has 0 amide bonds. The Labute approximate surface area is 73.4 Å². The first-order valence-electron chi connectivity index (χ1n) is 3.88. The maximum atomic E-state index is 11.1. The number of rotatable bonds is 3. The summed E-state index contributed by atoms with van der Waals surface area (Å²) in [5.74, 6) is 0. The van der Waals surface area contributed by atoms with E-state index >= 15 is 0 Å². The average molecular weight is 183 g/mol. The maximum Gasteiger partial charge on any atom is 0.548 e. The molecule has 1 unspecified atom stereocenters. The van der Waals surface area contributed by atoms with Gasteiger partial charge in [0.1, 0.15) is 0 Å². The minimum Gasteiger partial charge on any atom is -0.145 e. The molecular weight excluding hydrogens is 171 g/mol. The van der Waals surface area contributed by atoms with Crippen LogP contribution in [0.15, 0.2) is 24.3 Å². The predicted octanol–water partition coefficient (Wildman–Crippen LogP) is 2.26. The minimum absolute atomic E-state index is 0.754. The van der Waals surface area contributed by atoms with Crippen molar-refractivity contribution in [2.45, 2.75) is 13.3 Å². The largest absolute Gasteiger partial charge is 0.548 e. The van der Waals surface area contributed by atoms with Crippen LogP contribution in [0.25, 0.3) is 0 Å². The Hall–Kier alpha value is -0.720. The van der Waals surface area contributed by atoms with Crippen molar-refractivity contribution in [3.8, 4) is 0 Å². The second kappa shape index (κ2) is 4.34. The van der Waals surface area contributed by atoms with E-state index in [1.807, 2.05) is 24.3 Å². The van der Waals surface area contributed by atoms with E-state index in [0.717, 1.165) is 11.7 Å². The van der Waals surface area contributed by atoms with Gasteiger partial charge in [0.25, 0.3) is 0 Å². The molecule has 0 radical (unpaired) electrons. The van der Waals surface area contributed by atoms with Gasteiger partial charge in [-0.1, -0.05) is 19.1 Å². The zero-order valence-electron chi connectivity index (χ0n) is 7.28. The van der Waals surface area contributed by atoms with Crippen LogP contribution in [0.4, 0.5) is 0 Å². The number of benzene rings is 1. The van der Waals surface area contributed by atoms with E-state index in [1.165, 1.54) is 12.7 Å². The fourth-order valence-corrected chi connectivity index (χ4v) is 1.56. The topological polar surface area (TPSA) is 26.3 Å². The first-order chi connectivity index (χ1) is 5.77. The lowest BCUT2D eigenvalue weighted by Crippen LogP contribution is -1.96. The quantitative estimate of drug-likeness (QED) is 0.672. The van der Waals surface area contributed by atoms with Crippen molar-refractivity contribution < 1.29 is 9.09 Å². The van der Waals surface area contributed by atoms with Crippen molar-refractivity contribution in [1.29, 1.82) is 0 Å². The molecule has 0 aliphatic carbocycles. The van der Waals surface area contributed by atoms with Gasteiger partial charge in [-0.3, -0.25) is 0 Å². The van der Waals surface area contributed by atoms with Gasteiger partial charge in [-0.25, -0.2) is 0 Å². The van der Waals surface area contributed by atoms with Crippen LogP contribution in [0.1, 0.15) is 12.5 Å². The van der Waals surface area contributed by atoms with E-state index in [9.17, 15) is 4.57 Å². The molecule has 1 atom stereocenters. The number of hydrogen-bond donors (Lipinski definition) is 0. The number of aryl methyl sites for hydroxylation is 1. The van der Waals surface area contributed by atoms with Crippen molar-refractivity contribution in [1.82, 2.24) is 0 Å². The van der Waals surface area contributed by atoms with Crippen LogP contribution in [0.3, 0.4) is 0 Å². The Morgan fingerprint density at radius 1 is 1.33 bits per heavy atom. The molecule has 0 aliphatic heterocycles. The summed E-state index contributed by atoms with van der Waals surface area (Å²) < 4.78 is 15.9. The van der Waals surface area contributed by atoms with E-state index in [-0.39, 0.29) is 0 Å². The third-order valence-electron chi connectivity index (χ3n) is 1.72. The molecule has 2 nitrogen and oxygen atoms in total. The van der Waals surface area contributed by atoms with E-state index in [4.69, 9.17) is 4.52 Å². The highest BCUT2D eigenvalue weighted by Gasteiger charge is 2.18. The van der Waals surface area contributed by atoms with Crippen LogP contribution in [-0.4, -0.2) is 7.11 Å². The van der Waals surface area contributed by atoms with Crippen molar-refractivity contribution in [3.05, 3.63) is 29.8 Å². The summed E-state index contributed by atoms with van der Waals surface area (Å²) in [6.45, 7) is 2.09. The Kier molecular flexibility index (Phi) is 3.39. The highest BCUT2D eigenvalue weighted by Crippen LogP contribution is 2.19. The Morgan fingerprint density at radius 2 is 1.92 bits per heavy atom. The summed E-state index contributed by atoms with van der Waals surface area (Å²) in [6, 6.07) is 7.64. The molecule has 0 bridgehead atoms. The van der Waals surface area contributed by atoms with Crippen LogP contribution in [0.5, 0.6) is 0 Å². The van der Waals surface area contributed by atoms with Gasteiger partial charge in [0, 0.05) is 0 Å². The van der Waals surface area contributed by atoms with Gasteiger partial charge in [-0.05, 0) is 28.7 Å². The van der Waals surface area contributed by atoms with Crippen molar-refractivity contribution >= 4 is 13.3 Å². The summed E-state index contributed by atoms with van der Waals surface area (Å²) in [7, 11) is -0.190. The second-order valence-corrected chi connectivity index (χ2v) is 3.86. The normalized spacial score (nSPS) is 11.3. The lowest BCUT2D eigenvalue weighted by molar-refractivity contribution is 0.423. The van der Waals surface area contributed by atoms with Crippen molar-refractivity contribution in [2.24, 2.45) is 0 Å². The van der Waals surface area contributed by atoms with Gasteiger partial charge >= 0.3 is 8.03 Å². The first-order valence-corrected chi connectivity index (χ1v) is 5.06. The van der Waals surface area contributed by atoms with Crippen LogP contribution in [0.2, 0.25) is 0 Å². The summed E-state index contributed by atoms with van der Waals surface area (Å²) in [5.41, 5.74) is 1.25. The van der Waals surface area contributed by atoms with Crippen molar-refractivity contribution in [2.75, 3.05) is 7.11 Å². The zero-order valence-corrected chi connectivity index (χ0v) is 8.17. The Bertz CT molecular complexity index is 266. The molecule has 0 spiro atoms. The third-order valence-corrected chi connectivity index (χ3v) is 2.77. The van der Waals surface area contributed by atoms with E-state index in [1.54, 1.807) is 0 Å². The molecule has 1 aromatic carbocycles. The molecule has 0 aliphatic rings. The molecular formula is C9H12O2P+. The van der Waals surface area contributed by atoms with Gasteiger partial charge in [0.2, 0.25) is 5.30 Å². The van der Waals surface area contributed by atoms with Gasteiger partial charge in [0.05, 0.1) is 7.11 Å². The molecule has 0 N–H and O–H groups in total. The zero-order chi connectivity index (χ0) is 8.97. The van der Waals surface area contributed by atoms with E-state index < -0.39 is 8.03 Å². The van der Waals surface area contributed by atoms with Crippen LogP contribution in [-0.2, 0) is 15.5 Å². The molecule has 3 heteroatoms. The lowest BCUT2D eigenvalue weighted by atomic mass is 10.2. The van der Waals surface area contributed by atoms with Crippen LogP contribution >= 0.6 is 8.03 Å². The molecule has 0 heterocycles. The van der Waals surface area contributed by atoms with Crippen LogP contribution in [0, 0.1) is 0 Å². The fourth-order valence-electron chi connectivity index (χ4n) is 0.959. The fraction of sp³-hybridized carbons (Fsp3) is 0.333. The lowest BCUT2D eigenvalue weighted by Gasteiger charge is -1.92. The number of hydrogen-bond acceptors (Lipinski definition) is 2. The Balaban J connectivity index is 2.84. The second-order valence-electron chi connectivity index (χ2n) is 2.46. The minimum atomic E-state index is -1.64. The van der Waals surface area contributed by atoms with Gasteiger partial charge < -0.3 is 0 Å². The smallest absolute Gasteiger partial charge is 0.145 e. The summed E-state index contributed by atoms with van der Waals surface area (Å²) in [4.78, 5) is 0. The van der Waals surface area contributed by atoms with Crippen molar-refractivity contribution in [3.63, 3.8) is 0 Å². The Morgan fingerprint density at radius 3 is 2.33 bits per heavy atom. The summed E-state index contributed by atoms with van der Waals surface area (Å²) in [5, 5.41) is 0.754. The summed E-state index contributed by atoms with van der Waals surface area (Å²) in [6.07, 6.45) is 1.00. The molecule has 1 aromatic rings. The molecule has 64 valence electrons. The molecule has 0 saturated heterocycles. The molecule has 12 heavy (non-hydrogen) atoms. The molecule has 1 rings (SSSR count). The third kappa shape index (κ3) is 2.13. The monoisotopic (exact) mass is 183 g/mol. The van der Waals surface area contributed by atoms with Gasteiger partial charge in [-0.2, -0.15) is 0 Å². The SMILES string of the molecule is CCc1ccc([P+](=O)OC)cc1. The highest BCUT2D eigenvalue weighted by molar-refractivity contribution is 7.48.